The Kier molecular flexibility index (Phi) is 5.89. The lowest BCUT2D eigenvalue weighted by Crippen LogP contribution is -2.36. The number of nitrogens with zero attached hydrogens (tertiary/aromatic N) is 1. The summed E-state index contributed by atoms with van der Waals surface area (Å²) >= 11 is 0. The van der Waals surface area contributed by atoms with E-state index in [9.17, 15) is 12.6 Å². The van der Waals surface area contributed by atoms with E-state index in [1.807, 2.05) is 6.92 Å². The van der Waals surface area contributed by atoms with E-state index in [2.05, 4.69) is 15.0 Å². The van der Waals surface area contributed by atoms with Gasteiger partial charge in [0.2, 0.25) is 10.0 Å². The molecule has 0 aromatic carbocycles. The van der Waals surface area contributed by atoms with Gasteiger partial charge < -0.3 is 5.32 Å². The van der Waals surface area contributed by atoms with Crippen LogP contribution in [-0.2, 0) is 20.8 Å². The zero-order chi connectivity index (χ0) is 14.5. The Morgan fingerprint density at radius 1 is 1.47 bits per heavy atom. The number of aromatic nitrogens is 1. The molecule has 0 aliphatic heterocycles. The van der Waals surface area contributed by atoms with Gasteiger partial charge in [-0.05, 0) is 19.9 Å². The largest absolute Gasteiger partial charge is 0.384 e. The number of sulfonamides is 1. The fraction of sp³-hybridized carbons (Fsp3) is 0.545. The third-order valence-corrected chi connectivity index (χ3v) is 4.87. The van der Waals surface area contributed by atoms with Crippen molar-refractivity contribution in [1.82, 2.24) is 9.71 Å². The van der Waals surface area contributed by atoms with Crippen LogP contribution in [0.25, 0.3) is 0 Å². The molecule has 2 N–H and O–H groups in total. The molecule has 0 saturated heterocycles. The lowest BCUT2D eigenvalue weighted by molar-refractivity contribution is 0.570. The molecular weight excluding hydrogens is 286 g/mol. The van der Waals surface area contributed by atoms with Crippen LogP contribution in [-0.4, -0.2) is 42.2 Å². The summed E-state index contributed by atoms with van der Waals surface area (Å²) in [6.45, 7) is 4.18. The van der Waals surface area contributed by atoms with Crippen molar-refractivity contribution in [2.75, 3.05) is 23.9 Å². The van der Waals surface area contributed by atoms with E-state index in [0.29, 0.717) is 12.2 Å². The van der Waals surface area contributed by atoms with Crippen LogP contribution in [0.2, 0.25) is 0 Å². The summed E-state index contributed by atoms with van der Waals surface area (Å²) in [4.78, 5) is 3.95. The highest BCUT2D eigenvalue weighted by Gasteiger charge is 2.21. The second-order valence-corrected chi connectivity index (χ2v) is 7.33. The van der Waals surface area contributed by atoms with Crippen molar-refractivity contribution in [3.8, 4) is 0 Å². The first kappa shape index (κ1) is 16.1. The molecule has 0 spiro atoms. The van der Waals surface area contributed by atoms with Crippen LogP contribution in [0.1, 0.15) is 13.8 Å². The molecule has 8 heteroatoms. The molecule has 1 aromatic heterocycles. The average molecular weight is 305 g/mol. The minimum absolute atomic E-state index is 0.102. The zero-order valence-corrected chi connectivity index (χ0v) is 12.8. The van der Waals surface area contributed by atoms with E-state index in [1.54, 1.807) is 19.2 Å². The van der Waals surface area contributed by atoms with Gasteiger partial charge in [0.05, 0.1) is 5.69 Å². The van der Waals surface area contributed by atoms with Gasteiger partial charge in [0.15, 0.2) is 0 Å². The second-order valence-electron chi connectivity index (χ2n) is 4.16. The van der Waals surface area contributed by atoms with Crippen molar-refractivity contribution in [2.45, 2.75) is 24.8 Å². The van der Waals surface area contributed by atoms with Crippen LogP contribution in [0.3, 0.4) is 0 Å². The van der Waals surface area contributed by atoms with Crippen molar-refractivity contribution in [2.24, 2.45) is 0 Å². The first-order valence-corrected chi connectivity index (χ1v) is 9.08. The van der Waals surface area contributed by atoms with Gasteiger partial charge in [-0.1, -0.05) is 0 Å². The summed E-state index contributed by atoms with van der Waals surface area (Å²) in [7, 11) is -4.72. The van der Waals surface area contributed by atoms with Crippen molar-refractivity contribution in [3.63, 3.8) is 0 Å². The Bertz CT molecular complexity index is 546. The SMILES string of the molecule is CCNc1ccncc1S(=O)(=O)NC(C)CS(C)=O. The van der Waals surface area contributed by atoms with Crippen LogP contribution in [0.15, 0.2) is 23.4 Å². The molecule has 0 saturated carbocycles. The van der Waals surface area contributed by atoms with Crippen molar-refractivity contribution in [3.05, 3.63) is 18.5 Å². The van der Waals surface area contributed by atoms with Gasteiger partial charge in [0.1, 0.15) is 4.90 Å². The number of nitrogens with one attached hydrogen (secondary N) is 2. The molecule has 2 atom stereocenters. The standard InChI is InChI=1S/C11H19N3O3S2/c1-4-13-10-5-6-12-7-11(10)19(16,17)14-9(2)8-18(3)15/h5-7,9,14H,4,8H2,1-3H3,(H,12,13). The Morgan fingerprint density at radius 3 is 2.74 bits per heavy atom. The summed E-state index contributed by atoms with van der Waals surface area (Å²) in [5.74, 6) is 0.274. The topological polar surface area (TPSA) is 88.2 Å². The van der Waals surface area contributed by atoms with E-state index in [0.717, 1.165) is 0 Å². The van der Waals surface area contributed by atoms with Gasteiger partial charge in [-0.2, -0.15) is 0 Å². The van der Waals surface area contributed by atoms with Crippen molar-refractivity contribution >= 4 is 26.5 Å². The van der Waals surface area contributed by atoms with E-state index < -0.39 is 26.9 Å². The van der Waals surface area contributed by atoms with E-state index in [4.69, 9.17) is 0 Å². The molecule has 1 heterocycles. The monoisotopic (exact) mass is 305 g/mol. The fourth-order valence-corrected chi connectivity index (χ4v) is 3.91. The maximum Gasteiger partial charge on any atom is 0.244 e. The van der Waals surface area contributed by atoms with Gasteiger partial charge >= 0.3 is 0 Å². The minimum atomic E-state index is -3.67. The van der Waals surface area contributed by atoms with Gasteiger partial charge in [0, 0.05) is 47.8 Å². The molecule has 0 radical (unpaired) electrons. The van der Waals surface area contributed by atoms with Crippen molar-refractivity contribution in [1.29, 1.82) is 0 Å². The van der Waals surface area contributed by atoms with Gasteiger partial charge in [-0.3, -0.25) is 9.19 Å². The Labute approximate surface area is 116 Å². The molecule has 0 bridgehead atoms. The van der Waals surface area contributed by atoms with Crippen LogP contribution in [0.4, 0.5) is 5.69 Å². The van der Waals surface area contributed by atoms with Crippen LogP contribution in [0.5, 0.6) is 0 Å². The average Bonchev–Trinajstić information content (AvgIpc) is 2.27. The Hall–Kier alpha value is -0.990. The van der Waals surface area contributed by atoms with Crippen LogP contribution < -0.4 is 10.0 Å². The molecule has 0 aliphatic carbocycles. The first-order chi connectivity index (χ1) is 8.86. The molecule has 0 amide bonds. The van der Waals surface area contributed by atoms with Gasteiger partial charge in [-0.25, -0.2) is 13.1 Å². The maximum atomic E-state index is 12.2. The predicted octanol–water partition coefficient (Wildman–Crippen LogP) is 0.559. The van der Waals surface area contributed by atoms with Crippen molar-refractivity contribution < 1.29 is 12.6 Å². The third-order valence-electron chi connectivity index (χ3n) is 2.28. The van der Waals surface area contributed by atoms with E-state index >= 15 is 0 Å². The molecule has 0 fully saturated rings. The summed E-state index contributed by atoms with van der Waals surface area (Å²) in [6.07, 6.45) is 4.37. The normalized spacial score (nSPS) is 14.9. The summed E-state index contributed by atoms with van der Waals surface area (Å²) in [5.41, 5.74) is 0.509. The highest BCUT2D eigenvalue weighted by atomic mass is 32.2. The highest BCUT2D eigenvalue weighted by Crippen LogP contribution is 2.19. The molecule has 2 unspecified atom stereocenters. The van der Waals surface area contributed by atoms with E-state index in [1.165, 1.54) is 12.4 Å². The quantitative estimate of drug-likeness (QED) is 0.768. The van der Waals surface area contributed by atoms with Crippen LogP contribution in [0, 0.1) is 0 Å². The van der Waals surface area contributed by atoms with Gasteiger partial charge in [0.25, 0.3) is 0 Å². The Balaban J connectivity index is 2.97. The third kappa shape index (κ3) is 4.88. The second kappa shape index (κ2) is 6.97. The summed E-state index contributed by atoms with van der Waals surface area (Å²) < 4.78 is 38.1. The predicted molar refractivity (Wildman–Crippen MR) is 77.1 cm³/mol. The number of hydrogen-bond acceptors (Lipinski definition) is 5. The number of anilines is 1. The minimum Gasteiger partial charge on any atom is -0.384 e. The molecule has 0 aliphatic rings. The lowest BCUT2D eigenvalue weighted by Gasteiger charge is -2.15. The first-order valence-electron chi connectivity index (χ1n) is 5.87. The highest BCUT2D eigenvalue weighted by molar-refractivity contribution is 7.89. The summed E-state index contributed by atoms with van der Waals surface area (Å²) in [5, 5.41) is 2.98. The van der Waals surface area contributed by atoms with Gasteiger partial charge in [-0.15, -0.1) is 0 Å². The molecule has 108 valence electrons. The number of hydrogen-bond donors (Lipinski definition) is 2. The molecule has 1 rings (SSSR count). The fourth-order valence-electron chi connectivity index (χ4n) is 1.65. The summed E-state index contributed by atoms with van der Waals surface area (Å²) in [6, 6.07) is 1.21. The zero-order valence-electron chi connectivity index (χ0n) is 11.2. The molecule has 6 nitrogen and oxygen atoms in total. The smallest absolute Gasteiger partial charge is 0.244 e. The molecule has 19 heavy (non-hydrogen) atoms. The number of pyridine rings is 1. The van der Waals surface area contributed by atoms with Crippen LogP contribution >= 0.6 is 0 Å². The molecule has 1 aromatic rings. The Morgan fingerprint density at radius 2 is 2.16 bits per heavy atom. The maximum absolute atomic E-state index is 12.2. The molecular formula is C11H19N3O3S2. The lowest BCUT2D eigenvalue weighted by atomic mass is 10.4. The van der Waals surface area contributed by atoms with E-state index in [-0.39, 0.29) is 10.6 Å². The number of rotatable bonds is 7.